The third kappa shape index (κ3) is 1.60. The van der Waals surface area contributed by atoms with Crippen LogP contribution in [0.1, 0.15) is 40.5 Å². The van der Waals surface area contributed by atoms with E-state index in [1.807, 2.05) is 0 Å². The normalized spacial score (nSPS) is 26.0. The Hall–Kier alpha value is -2.01. The van der Waals surface area contributed by atoms with Gasteiger partial charge < -0.3 is 0 Å². The first-order chi connectivity index (χ1) is 10.4. The second-order valence-electron chi connectivity index (χ2n) is 6.08. The molecule has 22 heavy (non-hydrogen) atoms. The van der Waals surface area contributed by atoms with E-state index in [-0.39, 0.29) is 23.7 Å². The van der Waals surface area contributed by atoms with E-state index in [1.54, 1.807) is 31.2 Å². The van der Waals surface area contributed by atoms with Crippen molar-refractivity contribution in [2.24, 2.45) is 5.92 Å². The van der Waals surface area contributed by atoms with Crippen LogP contribution in [0.2, 0.25) is 0 Å². The molecule has 1 aromatic carbocycles. The highest BCUT2D eigenvalue weighted by molar-refractivity contribution is 7.95. The molecule has 1 fully saturated rings. The summed E-state index contributed by atoms with van der Waals surface area (Å²) in [5.41, 5.74) is 2.46. The zero-order valence-electron chi connectivity index (χ0n) is 12.0. The molecule has 1 aliphatic heterocycles. The minimum absolute atomic E-state index is 0.0598. The number of benzene rings is 1. The smallest absolute Gasteiger partial charge is 0.190 e. The van der Waals surface area contributed by atoms with Crippen LogP contribution in [0.4, 0.5) is 0 Å². The van der Waals surface area contributed by atoms with Crippen LogP contribution in [0, 0.1) is 5.92 Å². The number of carbonyl (C=O) groups excluding carboxylic acids is 2. The quantitative estimate of drug-likeness (QED) is 0.738. The maximum Gasteiger partial charge on any atom is 0.190 e. The fourth-order valence-electron chi connectivity index (χ4n) is 3.91. The van der Waals surface area contributed by atoms with Gasteiger partial charge in [0.15, 0.2) is 21.4 Å². The number of hydrogen-bond acceptors (Lipinski definition) is 4. The van der Waals surface area contributed by atoms with E-state index < -0.39 is 15.8 Å². The predicted octanol–water partition coefficient (Wildman–Crippen LogP) is 2.47. The number of sulfone groups is 1. The molecule has 1 atom stereocenters. The van der Waals surface area contributed by atoms with Gasteiger partial charge >= 0.3 is 0 Å². The summed E-state index contributed by atoms with van der Waals surface area (Å²) in [5, 5.41) is 0. The summed E-state index contributed by atoms with van der Waals surface area (Å²) in [5.74, 6) is -0.687. The minimum atomic E-state index is -3.28. The Morgan fingerprint density at radius 3 is 2.36 bits per heavy atom. The molecule has 0 aromatic heterocycles. The lowest BCUT2D eigenvalue weighted by atomic mass is 9.73. The van der Waals surface area contributed by atoms with Crippen molar-refractivity contribution in [1.29, 1.82) is 0 Å². The van der Waals surface area contributed by atoms with Crippen molar-refractivity contribution in [3.8, 4) is 0 Å². The number of hydrogen-bond donors (Lipinski definition) is 0. The van der Waals surface area contributed by atoms with Crippen molar-refractivity contribution in [2.75, 3.05) is 5.75 Å². The maximum atomic E-state index is 12.8. The standard InChI is InChI=1S/C17H14O4S/c1-9-8-13-14(12-6-7-22(20,21)17(9)12)16(19)11-5-3-2-4-10(11)15(13)18/h2-5,12H,6-8H2,1H3. The highest BCUT2D eigenvalue weighted by Crippen LogP contribution is 2.47. The van der Waals surface area contributed by atoms with Crippen LogP contribution in [0.5, 0.6) is 0 Å². The number of carbonyl (C=O) groups is 2. The summed E-state index contributed by atoms with van der Waals surface area (Å²) < 4.78 is 24.5. The van der Waals surface area contributed by atoms with Crippen molar-refractivity contribution in [3.63, 3.8) is 0 Å². The summed E-state index contributed by atoms with van der Waals surface area (Å²) >= 11 is 0. The molecule has 112 valence electrons. The Labute approximate surface area is 128 Å². The molecule has 0 amide bonds. The lowest BCUT2D eigenvalue weighted by Gasteiger charge is -2.29. The molecule has 0 radical (unpaired) electrons. The first-order valence-corrected chi connectivity index (χ1v) is 8.91. The Balaban J connectivity index is 1.95. The summed E-state index contributed by atoms with van der Waals surface area (Å²) in [6.07, 6.45) is 0.661. The second kappa shape index (κ2) is 4.26. The van der Waals surface area contributed by atoms with Crippen LogP contribution in [0.3, 0.4) is 0 Å². The van der Waals surface area contributed by atoms with Gasteiger partial charge in [0.25, 0.3) is 0 Å². The fraction of sp³-hybridized carbons (Fsp3) is 0.294. The van der Waals surface area contributed by atoms with Crippen LogP contribution < -0.4 is 0 Å². The lowest BCUT2D eigenvalue weighted by Crippen LogP contribution is -2.29. The molecular weight excluding hydrogens is 300 g/mol. The molecule has 2 aliphatic carbocycles. The number of Topliss-reactive ketones (excluding diaryl/α,β-unsaturated/α-hetero) is 2. The van der Waals surface area contributed by atoms with E-state index in [2.05, 4.69) is 0 Å². The van der Waals surface area contributed by atoms with E-state index in [1.165, 1.54) is 0 Å². The molecule has 0 spiro atoms. The van der Waals surface area contributed by atoms with E-state index in [9.17, 15) is 18.0 Å². The SMILES string of the molecule is CC1=C2C(CCS2(=O)=O)C2=C(C1)C(=O)c1ccccc1C2=O. The molecule has 0 saturated carbocycles. The lowest BCUT2D eigenvalue weighted by molar-refractivity contribution is 0.0964. The summed E-state index contributed by atoms with van der Waals surface area (Å²) in [6.45, 7) is 1.76. The summed E-state index contributed by atoms with van der Waals surface area (Å²) in [6, 6.07) is 6.78. The molecule has 0 bridgehead atoms. The summed E-state index contributed by atoms with van der Waals surface area (Å²) in [7, 11) is -3.28. The largest absolute Gasteiger partial charge is 0.289 e. The Kier molecular flexibility index (Phi) is 2.64. The van der Waals surface area contributed by atoms with Crippen molar-refractivity contribution in [2.45, 2.75) is 19.8 Å². The topological polar surface area (TPSA) is 68.3 Å². The predicted molar refractivity (Wildman–Crippen MR) is 81.3 cm³/mol. The van der Waals surface area contributed by atoms with Gasteiger partial charge in [0.05, 0.1) is 10.7 Å². The van der Waals surface area contributed by atoms with Crippen LogP contribution in [-0.2, 0) is 9.84 Å². The highest BCUT2D eigenvalue weighted by atomic mass is 32.2. The minimum Gasteiger partial charge on any atom is -0.289 e. The van der Waals surface area contributed by atoms with Crippen LogP contribution in [-0.4, -0.2) is 25.7 Å². The van der Waals surface area contributed by atoms with Crippen LogP contribution in [0.25, 0.3) is 0 Å². The van der Waals surface area contributed by atoms with Gasteiger partial charge in [0.1, 0.15) is 0 Å². The van der Waals surface area contributed by atoms with Gasteiger partial charge in [-0.15, -0.1) is 0 Å². The molecule has 4 nitrogen and oxygen atoms in total. The van der Waals surface area contributed by atoms with Gasteiger partial charge in [-0.3, -0.25) is 9.59 Å². The molecule has 5 heteroatoms. The van der Waals surface area contributed by atoms with Crippen LogP contribution in [0.15, 0.2) is 45.9 Å². The summed E-state index contributed by atoms with van der Waals surface area (Å²) in [4.78, 5) is 25.9. The highest BCUT2D eigenvalue weighted by Gasteiger charge is 2.46. The monoisotopic (exact) mass is 314 g/mol. The van der Waals surface area contributed by atoms with Crippen molar-refractivity contribution >= 4 is 21.4 Å². The molecule has 0 N–H and O–H groups in total. The molecule has 1 saturated heterocycles. The molecule has 3 aliphatic rings. The number of rotatable bonds is 0. The number of allylic oxidation sites excluding steroid dienone is 4. The average molecular weight is 314 g/mol. The van der Waals surface area contributed by atoms with E-state index in [0.29, 0.717) is 39.2 Å². The molecule has 1 unspecified atom stereocenters. The van der Waals surface area contributed by atoms with Crippen molar-refractivity contribution in [3.05, 3.63) is 57.0 Å². The first-order valence-electron chi connectivity index (χ1n) is 7.25. The molecule has 1 aromatic rings. The van der Waals surface area contributed by atoms with Gasteiger partial charge in [-0.25, -0.2) is 8.42 Å². The third-order valence-corrected chi connectivity index (χ3v) is 6.87. The average Bonchev–Trinajstić information content (AvgIpc) is 2.81. The van der Waals surface area contributed by atoms with Gasteiger partial charge in [-0.1, -0.05) is 29.8 Å². The Morgan fingerprint density at radius 1 is 1.05 bits per heavy atom. The second-order valence-corrected chi connectivity index (χ2v) is 8.16. The maximum absolute atomic E-state index is 12.8. The van der Waals surface area contributed by atoms with Crippen molar-refractivity contribution < 1.29 is 18.0 Å². The molecule has 1 heterocycles. The van der Waals surface area contributed by atoms with Crippen LogP contribution >= 0.6 is 0 Å². The fourth-order valence-corrected chi connectivity index (χ4v) is 5.95. The van der Waals surface area contributed by atoms with E-state index >= 15 is 0 Å². The number of ketones is 2. The third-order valence-electron chi connectivity index (χ3n) is 4.80. The van der Waals surface area contributed by atoms with E-state index in [0.717, 1.165) is 0 Å². The molecule has 4 rings (SSSR count). The van der Waals surface area contributed by atoms with Gasteiger partial charge in [0, 0.05) is 28.2 Å². The molecular formula is C17H14O4S. The zero-order valence-corrected chi connectivity index (χ0v) is 12.9. The van der Waals surface area contributed by atoms with Gasteiger partial charge in [-0.2, -0.15) is 0 Å². The number of fused-ring (bicyclic) bond motifs is 3. The Bertz CT molecular complexity index is 916. The van der Waals surface area contributed by atoms with Crippen molar-refractivity contribution in [1.82, 2.24) is 0 Å². The van der Waals surface area contributed by atoms with Gasteiger partial charge in [-0.05, 0) is 19.8 Å². The first kappa shape index (κ1) is 13.6. The van der Waals surface area contributed by atoms with Gasteiger partial charge in [0.2, 0.25) is 0 Å². The Morgan fingerprint density at radius 2 is 1.68 bits per heavy atom. The van der Waals surface area contributed by atoms with E-state index in [4.69, 9.17) is 0 Å². The zero-order chi connectivity index (χ0) is 15.6.